The minimum absolute atomic E-state index is 0.0819. The van der Waals surface area contributed by atoms with Crippen LogP contribution in [0.3, 0.4) is 0 Å². The highest BCUT2D eigenvalue weighted by atomic mass is 79.9. The van der Waals surface area contributed by atoms with Crippen molar-refractivity contribution >= 4 is 27.5 Å². The van der Waals surface area contributed by atoms with Crippen LogP contribution < -0.4 is 16.2 Å². The Kier molecular flexibility index (Phi) is 4.87. The number of nitrogens with zero attached hydrogens (tertiary/aromatic N) is 1. The van der Waals surface area contributed by atoms with Gasteiger partial charge in [0.1, 0.15) is 5.56 Å². The van der Waals surface area contributed by atoms with Crippen LogP contribution in [0.1, 0.15) is 21.5 Å². The number of pyridine rings is 2. The van der Waals surface area contributed by atoms with Crippen LogP contribution in [-0.4, -0.2) is 22.4 Å². The van der Waals surface area contributed by atoms with E-state index in [2.05, 4.69) is 36.5 Å². The van der Waals surface area contributed by atoms with Gasteiger partial charge >= 0.3 is 0 Å². The van der Waals surface area contributed by atoms with Gasteiger partial charge < -0.3 is 15.6 Å². The Morgan fingerprint density at radius 1 is 1.07 bits per heavy atom. The molecule has 0 spiro atoms. The molecule has 0 radical (unpaired) electrons. The molecular formula is C20H17BrN4O2. The standard InChI is InChI=1S/C20H17BrN4O2/c21-16-2-4-18(13-7-10-23-11-15(13)16)25-20(27)14-1-3-17(24-19(14)26)12-5-8-22-9-6-12/h1-6,8-9,23H,7,10-11H2,(H,24,26)(H,25,27). The molecule has 1 amide bonds. The first-order valence-corrected chi connectivity index (χ1v) is 9.39. The Labute approximate surface area is 164 Å². The summed E-state index contributed by atoms with van der Waals surface area (Å²) < 4.78 is 1.02. The molecule has 3 heterocycles. The zero-order valence-corrected chi connectivity index (χ0v) is 16.0. The Bertz CT molecular complexity index is 1060. The number of carbonyl (C=O) groups is 1. The van der Waals surface area contributed by atoms with Crippen LogP contribution in [0.25, 0.3) is 11.3 Å². The summed E-state index contributed by atoms with van der Waals surface area (Å²) in [5.41, 5.74) is 4.13. The monoisotopic (exact) mass is 424 g/mol. The van der Waals surface area contributed by atoms with Crippen molar-refractivity contribution in [1.82, 2.24) is 15.3 Å². The van der Waals surface area contributed by atoms with E-state index in [0.29, 0.717) is 5.69 Å². The highest BCUT2D eigenvalue weighted by Gasteiger charge is 2.19. The maximum absolute atomic E-state index is 12.7. The van der Waals surface area contributed by atoms with Crippen molar-refractivity contribution in [2.75, 3.05) is 11.9 Å². The number of anilines is 1. The van der Waals surface area contributed by atoms with E-state index in [1.807, 2.05) is 12.1 Å². The lowest BCUT2D eigenvalue weighted by molar-refractivity contribution is 0.102. The highest BCUT2D eigenvalue weighted by molar-refractivity contribution is 9.10. The first kappa shape index (κ1) is 17.6. The van der Waals surface area contributed by atoms with Crippen molar-refractivity contribution in [2.24, 2.45) is 0 Å². The molecule has 6 nitrogen and oxygen atoms in total. The van der Waals surface area contributed by atoms with Gasteiger partial charge in [-0.1, -0.05) is 15.9 Å². The number of hydrogen-bond donors (Lipinski definition) is 3. The molecule has 1 aromatic carbocycles. The summed E-state index contributed by atoms with van der Waals surface area (Å²) >= 11 is 3.56. The number of carbonyl (C=O) groups excluding carboxylic acids is 1. The molecule has 0 saturated heterocycles. The minimum atomic E-state index is -0.422. The molecule has 136 valence electrons. The fourth-order valence-electron chi connectivity index (χ4n) is 3.23. The molecule has 3 N–H and O–H groups in total. The number of aromatic amines is 1. The summed E-state index contributed by atoms with van der Waals surface area (Å²) in [5, 5.41) is 6.22. The van der Waals surface area contributed by atoms with Crippen LogP contribution in [0.5, 0.6) is 0 Å². The fraction of sp³-hybridized carbons (Fsp3) is 0.150. The number of aromatic nitrogens is 2. The number of H-pyrrole nitrogens is 1. The van der Waals surface area contributed by atoms with E-state index < -0.39 is 11.5 Å². The van der Waals surface area contributed by atoms with Crippen LogP contribution in [0.2, 0.25) is 0 Å². The van der Waals surface area contributed by atoms with E-state index >= 15 is 0 Å². The number of nitrogens with one attached hydrogen (secondary N) is 3. The summed E-state index contributed by atoms with van der Waals surface area (Å²) in [5.74, 6) is -0.416. The lowest BCUT2D eigenvalue weighted by Crippen LogP contribution is -2.27. The number of benzene rings is 1. The molecule has 4 rings (SSSR count). The van der Waals surface area contributed by atoms with Crippen molar-refractivity contribution in [2.45, 2.75) is 13.0 Å². The largest absolute Gasteiger partial charge is 0.322 e. The maximum Gasteiger partial charge on any atom is 0.261 e. The Balaban J connectivity index is 1.62. The quantitative estimate of drug-likeness (QED) is 0.602. The van der Waals surface area contributed by atoms with Gasteiger partial charge in [-0.3, -0.25) is 14.6 Å². The van der Waals surface area contributed by atoms with Crippen molar-refractivity contribution in [3.63, 3.8) is 0 Å². The summed E-state index contributed by atoms with van der Waals surface area (Å²) in [7, 11) is 0. The average Bonchev–Trinajstić information content (AvgIpc) is 2.71. The highest BCUT2D eigenvalue weighted by Crippen LogP contribution is 2.30. The van der Waals surface area contributed by atoms with Gasteiger partial charge in [0.15, 0.2) is 0 Å². The fourth-order valence-corrected chi connectivity index (χ4v) is 3.74. The van der Waals surface area contributed by atoms with Gasteiger partial charge in [-0.25, -0.2) is 0 Å². The number of hydrogen-bond acceptors (Lipinski definition) is 4. The second-order valence-corrected chi connectivity index (χ2v) is 7.14. The molecule has 7 heteroatoms. The van der Waals surface area contributed by atoms with Crippen molar-refractivity contribution in [3.05, 3.63) is 80.3 Å². The van der Waals surface area contributed by atoms with E-state index in [1.54, 1.807) is 36.7 Å². The zero-order valence-electron chi connectivity index (χ0n) is 14.4. The third kappa shape index (κ3) is 3.56. The first-order chi connectivity index (χ1) is 13.1. The van der Waals surface area contributed by atoms with Crippen LogP contribution in [-0.2, 0) is 13.0 Å². The number of fused-ring (bicyclic) bond motifs is 1. The van der Waals surface area contributed by atoms with E-state index in [4.69, 9.17) is 0 Å². The van der Waals surface area contributed by atoms with Gasteiger partial charge in [0, 0.05) is 40.4 Å². The van der Waals surface area contributed by atoms with E-state index in [0.717, 1.165) is 46.4 Å². The summed E-state index contributed by atoms with van der Waals surface area (Å²) in [4.78, 5) is 31.9. The Hall–Kier alpha value is -2.77. The molecule has 27 heavy (non-hydrogen) atoms. The predicted octanol–water partition coefficient (Wildman–Crippen LogP) is 3.10. The first-order valence-electron chi connectivity index (χ1n) is 8.59. The van der Waals surface area contributed by atoms with Gasteiger partial charge in [-0.2, -0.15) is 0 Å². The van der Waals surface area contributed by atoms with E-state index in [1.165, 1.54) is 0 Å². The summed E-state index contributed by atoms with van der Waals surface area (Å²) in [6.45, 7) is 1.61. The number of halogens is 1. The molecule has 0 atom stereocenters. The molecule has 2 aromatic heterocycles. The summed E-state index contributed by atoms with van der Waals surface area (Å²) in [6.07, 6.45) is 4.13. The van der Waals surface area contributed by atoms with E-state index in [-0.39, 0.29) is 5.56 Å². The maximum atomic E-state index is 12.7. The van der Waals surface area contributed by atoms with Crippen LogP contribution in [0, 0.1) is 0 Å². The van der Waals surface area contributed by atoms with Gasteiger partial charge in [0.2, 0.25) is 0 Å². The second kappa shape index (κ2) is 7.46. The molecule has 3 aromatic rings. The summed E-state index contributed by atoms with van der Waals surface area (Å²) in [6, 6.07) is 10.7. The molecule has 1 aliphatic rings. The lowest BCUT2D eigenvalue weighted by atomic mass is 9.99. The van der Waals surface area contributed by atoms with Gasteiger partial charge in [0.05, 0.1) is 0 Å². The molecule has 0 bridgehead atoms. The zero-order chi connectivity index (χ0) is 18.8. The number of rotatable bonds is 3. The predicted molar refractivity (Wildman–Crippen MR) is 108 cm³/mol. The van der Waals surface area contributed by atoms with Crippen molar-refractivity contribution in [1.29, 1.82) is 0 Å². The SMILES string of the molecule is O=C(Nc1ccc(Br)c2c1CCNC2)c1ccc(-c2ccncc2)[nH]c1=O. The van der Waals surface area contributed by atoms with Crippen molar-refractivity contribution in [3.8, 4) is 11.3 Å². The minimum Gasteiger partial charge on any atom is -0.322 e. The molecular weight excluding hydrogens is 408 g/mol. The van der Waals surface area contributed by atoms with Crippen molar-refractivity contribution < 1.29 is 4.79 Å². The normalized spacial score (nSPS) is 13.1. The topological polar surface area (TPSA) is 86.9 Å². The second-order valence-electron chi connectivity index (χ2n) is 6.28. The molecule has 1 aliphatic heterocycles. The van der Waals surface area contributed by atoms with Crippen LogP contribution in [0.4, 0.5) is 5.69 Å². The molecule has 0 saturated carbocycles. The molecule has 0 fully saturated rings. The Morgan fingerprint density at radius 2 is 1.89 bits per heavy atom. The van der Waals surface area contributed by atoms with Crippen LogP contribution >= 0.6 is 15.9 Å². The van der Waals surface area contributed by atoms with E-state index in [9.17, 15) is 9.59 Å². The van der Waals surface area contributed by atoms with Gasteiger partial charge in [0.25, 0.3) is 11.5 Å². The molecule has 0 aliphatic carbocycles. The third-order valence-corrected chi connectivity index (χ3v) is 5.36. The molecule has 0 unspecified atom stereocenters. The van der Waals surface area contributed by atoms with Gasteiger partial charge in [-0.15, -0.1) is 0 Å². The third-order valence-electron chi connectivity index (χ3n) is 4.62. The smallest absolute Gasteiger partial charge is 0.261 e. The van der Waals surface area contributed by atoms with Gasteiger partial charge in [-0.05, 0) is 60.5 Å². The number of amides is 1. The Morgan fingerprint density at radius 3 is 2.67 bits per heavy atom. The lowest BCUT2D eigenvalue weighted by Gasteiger charge is -2.22. The van der Waals surface area contributed by atoms with Crippen LogP contribution in [0.15, 0.2) is 58.1 Å². The average molecular weight is 425 g/mol.